The van der Waals surface area contributed by atoms with Crippen molar-refractivity contribution < 1.29 is 14.3 Å². The topological polar surface area (TPSA) is 59.5 Å². The highest BCUT2D eigenvalue weighted by Crippen LogP contribution is 2.35. The van der Waals surface area contributed by atoms with E-state index in [9.17, 15) is 9.59 Å². The Labute approximate surface area is 166 Å². The third-order valence-corrected chi connectivity index (χ3v) is 6.43. The van der Waals surface area contributed by atoms with Crippen LogP contribution in [0.1, 0.15) is 60.1 Å². The van der Waals surface area contributed by atoms with E-state index in [1.165, 1.54) is 25.7 Å². The summed E-state index contributed by atoms with van der Waals surface area (Å²) in [6.07, 6.45) is 7.02. The van der Waals surface area contributed by atoms with Crippen molar-refractivity contribution in [2.45, 2.75) is 58.4 Å². The zero-order valence-electron chi connectivity index (χ0n) is 16.7. The normalized spacial score (nSPS) is 22.0. The van der Waals surface area contributed by atoms with Crippen molar-refractivity contribution in [3.63, 3.8) is 0 Å². The molecule has 0 unspecified atom stereocenters. The maximum atomic E-state index is 12.8. The molecular formula is C23H28N2O3. The molecule has 0 radical (unpaired) electrons. The van der Waals surface area contributed by atoms with Gasteiger partial charge in [-0.3, -0.25) is 9.78 Å². The molecule has 1 saturated carbocycles. The zero-order valence-corrected chi connectivity index (χ0v) is 16.7. The van der Waals surface area contributed by atoms with Gasteiger partial charge in [-0.2, -0.15) is 0 Å². The molecule has 1 amide bonds. The number of hydrogen-bond acceptors (Lipinski definition) is 4. The second-order valence-electron chi connectivity index (χ2n) is 8.13. The lowest BCUT2D eigenvalue weighted by atomic mass is 9.78. The number of carbonyl (C=O) groups is 2. The highest BCUT2D eigenvalue weighted by molar-refractivity contribution is 5.99. The van der Waals surface area contributed by atoms with Crippen LogP contribution in [0.25, 0.3) is 10.9 Å². The number of likely N-dealkylation sites (tertiary alicyclic amines) is 1. The molecule has 0 bridgehead atoms. The minimum absolute atomic E-state index is 0.0611. The molecule has 2 heterocycles. The number of benzene rings is 1. The van der Waals surface area contributed by atoms with E-state index in [1.54, 1.807) is 0 Å². The van der Waals surface area contributed by atoms with Gasteiger partial charge < -0.3 is 9.64 Å². The minimum Gasteiger partial charge on any atom is -0.452 e. The van der Waals surface area contributed by atoms with Crippen molar-refractivity contribution in [3.8, 4) is 0 Å². The summed E-state index contributed by atoms with van der Waals surface area (Å²) in [6.45, 7) is 4.32. The molecule has 1 saturated heterocycles. The van der Waals surface area contributed by atoms with Crippen molar-refractivity contribution in [3.05, 3.63) is 41.1 Å². The van der Waals surface area contributed by atoms with E-state index >= 15 is 0 Å². The lowest BCUT2D eigenvalue weighted by Gasteiger charge is -2.44. The number of ether oxygens (including phenoxy) is 1. The van der Waals surface area contributed by atoms with Crippen LogP contribution < -0.4 is 0 Å². The molecule has 28 heavy (non-hydrogen) atoms. The highest BCUT2D eigenvalue weighted by Gasteiger charge is 2.36. The molecule has 0 N–H and O–H groups in total. The summed E-state index contributed by atoms with van der Waals surface area (Å²) in [4.78, 5) is 32.1. The number of fused-ring (bicyclic) bond motifs is 2. The van der Waals surface area contributed by atoms with Crippen LogP contribution in [0.5, 0.6) is 0 Å². The van der Waals surface area contributed by atoms with Crippen LogP contribution in [0.2, 0.25) is 0 Å². The predicted molar refractivity (Wildman–Crippen MR) is 108 cm³/mol. The first kappa shape index (κ1) is 18.9. The second kappa shape index (κ2) is 7.90. The van der Waals surface area contributed by atoms with Crippen molar-refractivity contribution in [2.24, 2.45) is 5.92 Å². The van der Waals surface area contributed by atoms with Crippen molar-refractivity contribution >= 4 is 22.8 Å². The molecule has 1 aromatic carbocycles. The number of hydrogen-bond donors (Lipinski definition) is 0. The maximum absolute atomic E-state index is 12.8. The minimum atomic E-state index is -0.459. The number of aromatic nitrogens is 1. The maximum Gasteiger partial charge on any atom is 0.340 e. The molecule has 5 nitrogen and oxygen atoms in total. The molecule has 4 rings (SSSR count). The Kier molecular flexibility index (Phi) is 5.33. The Bertz CT molecular complexity index is 906. The van der Waals surface area contributed by atoms with Crippen LogP contribution in [0.15, 0.2) is 24.3 Å². The number of rotatable bonds is 3. The van der Waals surface area contributed by atoms with Crippen molar-refractivity contribution in [1.29, 1.82) is 0 Å². The molecule has 2 aromatic rings. The Hall–Kier alpha value is -2.43. The van der Waals surface area contributed by atoms with Gasteiger partial charge in [-0.1, -0.05) is 31.0 Å². The molecule has 2 atom stereocenters. The van der Waals surface area contributed by atoms with Gasteiger partial charge in [-0.05, 0) is 57.1 Å². The van der Waals surface area contributed by atoms with Crippen LogP contribution in [0.4, 0.5) is 0 Å². The molecule has 1 aromatic heterocycles. The van der Waals surface area contributed by atoms with Crippen LogP contribution >= 0.6 is 0 Å². The lowest BCUT2D eigenvalue weighted by Crippen LogP contribution is -2.50. The number of piperidine rings is 1. The number of esters is 1. The van der Waals surface area contributed by atoms with E-state index in [0.29, 0.717) is 23.2 Å². The van der Waals surface area contributed by atoms with E-state index in [2.05, 4.69) is 4.98 Å². The van der Waals surface area contributed by atoms with E-state index in [4.69, 9.17) is 4.74 Å². The first-order chi connectivity index (χ1) is 13.6. The summed E-state index contributed by atoms with van der Waals surface area (Å²) in [6, 6.07) is 8.09. The molecule has 1 aliphatic heterocycles. The summed E-state index contributed by atoms with van der Waals surface area (Å²) < 4.78 is 5.46. The van der Waals surface area contributed by atoms with Gasteiger partial charge in [0.2, 0.25) is 0 Å². The standard InChI is InChI=1S/C23H28N2O3/c1-15-18-10-4-5-11-19(18)24-16(2)22(15)23(27)28-14-21(26)25-13-7-9-17-8-3-6-12-20(17)25/h4-5,10-11,17,20H,3,6-9,12-14H2,1-2H3/t17-,20-/m0/s1. The summed E-state index contributed by atoms with van der Waals surface area (Å²) in [5.41, 5.74) is 2.83. The van der Waals surface area contributed by atoms with Crippen molar-refractivity contribution in [1.82, 2.24) is 9.88 Å². The average molecular weight is 380 g/mol. The highest BCUT2D eigenvalue weighted by atomic mass is 16.5. The molecule has 2 aliphatic rings. The van der Waals surface area contributed by atoms with E-state index < -0.39 is 5.97 Å². The van der Waals surface area contributed by atoms with Crippen LogP contribution in [-0.4, -0.2) is 41.0 Å². The quantitative estimate of drug-likeness (QED) is 0.749. The van der Waals surface area contributed by atoms with Crippen LogP contribution in [0.3, 0.4) is 0 Å². The fraction of sp³-hybridized carbons (Fsp3) is 0.522. The number of amides is 1. The SMILES string of the molecule is Cc1nc2ccccc2c(C)c1C(=O)OCC(=O)N1CCC[C@@H]2CCCC[C@@H]21. The Balaban J connectivity index is 1.47. The predicted octanol–water partition coefficient (Wildman–Crippen LogP) is 4.19. The summed E-state index contributed by atoms with van der Waals surface area (Å²) in [7, 11) is 0. The van der Waals surface area contributed by atoms with Crippen LogP contribution in [-0.2, 0) is 9.53 Å². The van der Waals surface area contributed by atoms with E-state index in [-0.39, 0.29) is 12.5 Å². The number of aryl methyl sites for hydroxylation is 2. The first-order valence-corrected chi connectivity index (χ1v) is 10.4. The third kappa shape index (κ3) is 3.50. The van der Waals surface area contributed by atoms with Gasteiger partial charge in [0.1, 0.15) is 0 Å². The first-order valence-electron chi connectivity index (χ1n) is 10.4. The molecule has 5 heteroatoms. The largest absolute Gasteiger partial charge is 0.452 e. The second-order valence-corrected chi connectivity index (χ2v) is 8.13. The van der Waals surface area contributed by atoms with Gasteiger partial charge >= 0.3 is 5.97 Å². The van der Waals surface area contributed by atoms with Gasteiger partial charge in [0.25, 0.3) is 5.91 Å². The van der Waals surface area contributed by atoms with Gasteiger partial charge in [-0.25, -0.2) is 4.79 Å². The number of pyridine rings is 1. The summed E-state index contributed by atoms with van der Waals surface area (Å²) >= 11 is 0. The zero-order chi connectivity index (χ0) is 19.7. The van der Waals surface area contributed by atoms with Gasteiger partial charge in [0.05, 0.1) is 16.8 Å². The summed E-state index contributed by atoms with van der Waals surface area (Å²) in [5.74, 6) is 0.101. The van der Waals surface area contributed by atoms with Crippen LogP contribution in [0, 0.1) is 19.8 Å². The monoisotopic (exact) mass is 380 g/mol. The van der Waals surface area contributed by atoms with E-state index in [1.807, 2.05) is 43.0 Å². The van der Waals surface area contributed by atoms with Gasteiger partial charge in [0.15, 0.2) is 6.61 Å². The van der Waals surface area contributed by atoms with Crippen molar-refractivity contribution in [2.75, 3.05) is 13.2 Å². The number of nitrogens with zero attached hydrogens (tertiary/aromatic N) is 2. The molecule has 2 fully saturated rings. The van der Waals surface area contributed by atoms with E-state index in [0.717, 1.165) is 35.9 Å². The molecular weight excluding hydrogens is 352 g/mol. The molecule has 0 spiro atoms. The van der Waals surface area contributed by atoms with Gasteiger partial charge in [0, 0.05) is 18.0 Å². The Morgan fingerprint density at radius 3 is 2.71 bits per heavy atom. The smallest absolute Gasteiger partial charge is 0.340 e. The number of para-hydroxylation sites is 1. The fourth-order valence-electron chi connectivity index (χ4n) is 5.05. The summed E-state index contributed by atoms with van der Waals surface area (Å²) in [5, 5.41) is 0.937. The third-order valence-electron chi connectivity index (χ3n) is 6.43. The molecule has 148 valence electrons. The number of carbonyl (C=O) groups excluding carboxylic acids is 2. The Morgan fingerprint density at radius 1 is 1.11 bits per heavy atom. The molecule has 1 aliphatic carbocycles. The lowest BCUT2D eigenvalue weighted by molar-refractivity contribution is -0.140. The Morgan fingerprint density at radius 2 is 1.86 bits per heavy atom. The van der Waals surface area contributed by atoms with Gasteiger partial charge in [-0.15, -0.1) is 0 Å². The fourth-order valence-corrected chi connectivity index (χ4v) is 5.05. The average Bonchev–Trinajstić information content (AvgIpc) is 2.71.